The number of piperidine rings is 1. The van der Waals surface area contributed by atoms with Crippen LogP contribution in [0.15, 0.2) is 45.7 Å². The number of anilines is 1. The number of hydrogen-bond donors (Lipinski definition) is 1. The van der Waals surface area contributed by atoms with Gasteiger partial charge in [-0.3, -0.25) is 4.79 Å². The van der Waals surface area contributed by atoms with Gasteiger partial charge in [-0.1, -0.05) is 31.5 Å². The van der Waals surface area contributed by atoms with Gasteiger partial charge in [0.2, 0.25) is 10.0 Å². The second-order valence-corrected chi connectivity index (χ2v) is 11.3. The molecule has 0 bridgehead atoms. The van der Waals surface area contributed by atoms with E-state index in [9.17, 15) is 13.2 Å². The molecule has 0 aliphatic carbocycles. The number of aryl methyl sites for hydroxylation is 2. The smallest absolute Gasteiger partial charge is 0.291 e. The lowest BCUT2D eigenvalue weighted by Gasteiger charge is -2.34. The molecular weight excluding hydrogens is 448 g/mol. The Morgan fingerprint density at radius 3 is 2.47 bits per heavy atom. The van der Waals surface area contributed by atoms with Crippen molar-refractivity contribution < 1.29 is 17.6 Å². The fourth-order valence-electron chi connectivity index (χ4n) is 4.44. The van der Waals surface area contributed by atoms with Crippen LogP contribution < -0.4 is 5.32 Å². The molecule has 1 aliphatic rings. The van der Waals surface area contributed by atoms with Crippen molar-refractivity contribution in [2.75, 3.05) is 18.4 Å². The van der Waals surface area contributed by atoms with E-state index in [1.165, 1.54) is 0 Å². The van der Waals surface area contributed by atoms with E-state index in [1.54, 1.807) is 41.6 Å². The van der Waals surface area contributed by atoms with Crippen molar-refractivity contribution in [1.82, 2.24) is 4.31 Å². The van der Waals surface area contributed by atoms with E-state index in [0.29, 0.717) is 52.2 Å². The largest absolute Gasteiger partial charge is 0.451 e. The summed E-state index contributed by atoms with van der Waals surface area (Å²) in [5, 5.41) is 3.96. The zero-order chi connectivity index (χ0) is 23.2. The Bertz CT molecular complexity index is 1290. The van der Waals surface area contributed by atoms with Crippen LogP contribution in [0.5, 0.6) is 0 Å². The third kappa shape index (κ3) is 4.29. The molecule has 1 N–H and O–H groups in total. The normalized spacial score (nSPS) is 19.9. The third-order valence-electron chi connectivity index (χ3n) is 6.03. The molecule has 4 rings (SSSR count). The summed E-state index contributed by atoms with van der Waals surface area (Å²) in [5.41, 5.74) is 2.53. The molecule has 170 valence electrons. The number of amides is 1. The van der Waals surface area contributed by atoms with Gasteiger partial charge in [0.05, 0.1) is 4.90 Å². The number of halogens is 1. The molecular formula is C24H27ClN2O4S. The monoisotopic (exact) mass is 474 g/mol. The fourth-order valence-corrected chi connectivity index (χ4v) is 6.31. The number of furan rings is 1. The molecule has 3 aromatic rings. The van der Waals surface area contributed by atoms with Crippen LogP contribution in [0.3, 0.4) is 0 Å². The summed E-state index contributed by atoms with van der Waals surface area (Å²) in [5.74, 6) is 0.373. The topological polar surface area (TPSA) is 79.6 Å². The van der Waals surface area contributed by atoms with Crippen LogP contribution in [0.2, 0.25) is 5.02 Å². The number of nitrogens with one attached hydrogen (secondary N) is 1. The molecule has 1 fully saturated rings. The number of fused-ring (bicyclic) bond motifs is 1. The zero-order valence-corrected chi connectivity index (χ0v) is 20.2. The lowest BCUT2D eigenvalue weighted by atomic mass is 9.94. The maximum absolute atomic E-state index is 13.3. The van der Waals surface area contributed by atoms with Crippen LogP contribution in [0.1, 0.15) is 41.9 Å². The summed E-state index contributed by atoms with van der Waals surface area (Å²) in [6.45, 7) is 8.82. The maximum atomic E-state index is 13.3. The van der Waals surface area contributed by atoms with Gasteiger partial charge in [-0.25, -0.2) is 8.42 Å². The van der Waals surface area contributed by atoms with E-state index in [4.69, 9.17) is 16.0 Å². The predicted molar refractivity (Wildman–Crippen MR) is 127 cm³/mol. The van der Waals surface area contributed by atoms with E-state index >= 15 is 0 Å². The Kier molecular flexibility index (Phi) is 6.09. The van der Waals surface area contributed by atoms with E-state index in [0.717, 1.165) is 12.0 Å². The van der Waals surface area contributed by atoms with Gasteiger partial charge in [-0.05, 0) is 68.0 Å². The Morgan fingerprint density at radius 2 is 1.78 bits per heavy atom. The van der Waals surface area contributed by atoms with Crippen molar-refractivity contribution in [2.45, 2.75) is 39.0 Å². The van der Waals surface area contributed by atoms with Gasteiger partial charge in [0.1, 0.15) is 5.58 Å². The number of sulfonamides is 1. The Morgan fingerprint density at radius 1 is 1.09 bits per heavy atom. The summed E-state index contributed by atoms with van der Waals surface area (Å²) in [7, 11) is -3.63. The number of nitrogens with zero attached hydrogens (tertiary/aromatic N) is 1. The molecule has 0 radical (unpaired) electrons. The molecule has 1 aliphatic heterocycles. The minimum Gasteiger partial charge on any atom is -0.451 e. The van der Waals surface area contributed by atoms with E-state index in [2.05, 4.69) is 19.2 Å². The number of benzene rings is 2. The fraction of sp³-hybridized carbons (Fsp3) is 0.375. The van der Waals surface area contributed by atoms with Gasteiger partial charge in [0, 0.05) is 34.7 Å². The van der Waals surface area contributed by atoms with Gasteiger partial charge < -0.3 is 9.73 Å². The first-order chi connectivity index (χ1) is 15.1. The summed E-state index contributed by atoms with van der Waals surface area (Å²) in [6, 6.07) is 10.0. The summed E-state index contributed by atoms with van der Waals surface area (Å²) >= 11 is 6.05. The summed E-state index contributed by atoms with van der Waals surface area (Å²) in [4.78, 5) is 13.1. The van der Waals surface area contributed by atoms with Gasteiger partial charge in [-0.15, -0.1) is 0 Å². The first-order valence-corrected chi connectivity index (χ1v) is 12.5. The van der Waals surface area contributed by atoms with E-state index in [-0.39, 0.29) is 10.7 Å². The maximum Gasteiger partial charge on any atom is 0.291 e. The van der Waals surface area contributed by atoms with Gasteiger partial charge in [0.15, 0.2) is 5.76 Å². The van der Waals surface area contributed by atoms with Gasteiger partial charge in [-0.2, -0.15) is 4.31 Å². The van der Waals surface area contributed by atoms with Gasteiger partial charge in [0.25, 0.3) is 5.91 Å². The number of carbonyl (C=O) groups is 1. The van der Waals surface area contributed by atoms with Crippen LogP contribution in [-0.4, -0.2) is 31.7 Å². The van der Waals surface area contributed by atoms with Gasteiger partial charge >= 0.3 is 0 Å². The second-order valence-electron chi connectivity index (χ2n) is 8.90. The molecule has 0 unspecified atom stereocenters. The van der Waals surface area contributed by atoms with Crippen molar-refractivity contribution in [3.63, 3.8) is 0 Å². The Balaban J connectivity index is 1.66. The average Bonchev–Trinajstić information content (AvgIpc) is 3.06. The zero-order valence-electron chi connectivity index (χ0n) is 18.6. The number of hydrogen-bond acceptors (Lipinski definition) is 4. The van der Waals surface area contributed by atoms with E-state index in [1.807, 2.05) is 13.0 Å². The molecule has 8 heteroatoms. The summed E-state index contributed by atoms with van der Waals surface area (Å²) in [6.07, 6.45) is 1.02. The molecule has 2 atom stereocenters. The van der Waals surface area contributed by atoms with E-state index < -0.39 is 15.9 Å². The Hall–Kier alpha value is -2.35. The number of rotatable bonds is 4. The van der Waals surface area contributed by atoms with Crippen molar-refractivity contribution in [1.29, 1.82) is 0 Å². The molecule has 6 nitrogen and oxygen atoms in total. The molecule has 2 aromatic carbocycles. The highest BCUT2D eigenvalue weighted by atomic mass is 35.5. The van der Waals surface area contributed by atoms with Crippen LogP contribution in [0.25, 0.3) is 11.0 Å². The first-order valence-electron chi connectivity index (χ1n) is 10.7. The molecule has 0 spiro atoms. The van der Waals surface area contributed by atoms with Crippen molar-refractivity contribution >= 4 is 44.2 Å². The Labute approximate surface area is 193 Å². The number of carbonyl (C=O) groups excluding carboxylic acids is 1. The molecule has 32 heavy (non-hydrogen) atoms. The second kappa shape index (κ2) is 8.54. The molecule has 0 saturated carbocycles. The lowest BCUT2D eigenvalue weighted by molar-refractivity contribution is 0.0998. The van der Waals surface area contributed by atoms with Crippen molar-refractivity contribution in [3.8, 4) is 0 Å². The molecule has 1 aromatic heterocycles. The van der Waals surface area contributed by atoms with Crippen LogP contribution in [-0.2, 0) is 10.0 Å². The third-order valence-corrected chi connectivity index (χ3v) is 8.10. The molecule has 1 saturated heterocycles. The van der Waals surface area contributed by atoms with Crippen LogP contribution in [0.4, 0.5) is 5.69 Å². The molecule has 2 heterocycles. The minimum absolute atomic E-state index is 0.147. The van der Waals surface area contributed by atoms with Crippen molar-refractivity contribution in [3.05, 3.63) is 58.3 Å². The van der Waals surface area contributed by atoms with Crippen LogP contribution >= 0.6 is 11.6 Å². The lowest BCUT2D eigenvalue weighted by Crippen LogP contribution is -2.42. The van der Waals surface area contributed by atoms with Crippen LogP contribution in [0, 0.1) is 25.7 Å². The quantitative estimate of drug-likeness (QED) is 0.532. The SMILES string of the molecule is Cc1ccc(Cl)cc1NC(=O)c1oc2ccc(S(=O)(=O)N3C[C@H](C)C[C@@H](C)C3)cc2c1C. The highest BCUT2D eigenvalue weighted by Gasteiger charge is 2.32. The highest BCUT2D eigenvalue weighted by Crippen LogP contribution is 2.32. The predicted octanol–water partition coefficient (Wildman–Crippen LogP) is 5.62. The average molecular weight is 475 g/mol. The molecule has 1 amide bonds. The first kappa shape index (κ1) is 22.8. The van der Waals surface area contributed by atoms with Crippen molar-refractivity contribution in [2.24, 2.45) is 11.8 Å². The highest BCUT2D eigenvalue weighted by molar-refractivity contribution is 7.89. The minimum atomic E-state index is -3.63. The standard InChI is InChI=1S/C24H27ClN2O4S/c1-14-9-15(2)13-27(12-14)32(29,30)19-7-8-22-20(11-19)17(4)23(31-22)24(28)26-21-10-18(25)6-5-16(21)3/h5-8,10-11,14-15H,9,12-13H2,1-4H3,(H,26,28)/t14-,15-/m1/s1. The summed E-state index contributed by atoms with van der Waals surface area (Å²) < 4.78 is 33.9.